The van der Waals surface area contributed by atoms with Crippen molar-refractivity contribution >= 4 is 35.2 Å². The summed E-state index contributed by atoms with van der Waals surface area (Å²) in [6.45, 7) is -0.284. The van der Waals surface area contributed by atoms with Gasteiger partial charge in [0.25, 0.3) is 5.91 Å². The summed E-state index contributed by atoms with van der Waals surface area (Å²) >= 11 is 1.43. The van der Waals surface area contributed by atoms with E-state index in [1.165, 1.54) is 31.0 Å². The first-order valence-electron chi connectivity index (χ1n) is 9.15. The molecule has 0 unspecified atom stereocenters. The van der Waals surface area contributed by atoms with Gasteiger partial charge in [0.2, 0.25) is 5.91 Å². The fourth-order valence-corrected chi connectivity index (χ4v) is 4.08. The molecular formula is C19H24N2O4S. The zero-order chi connectivity index (χ0) is 18.4. The minimum absolute atomic E-state index is 0.0911. The second-order valence-corrected chi connectivity index (χ2v) is 7.75. The van der Waals surface area contributed by atoms with Crippen LogP contribution in [0.2, 0.25) is 0 Å². The van der Waals surface area contributed by atoms with E-state index in [4.69, 9.17) is 4.74 Å². The van der Waals surface area contributed by atoms with Crippen molar-refractivity contribution in [1.29, 1.82) is 0 Å². The normalized spacial score (nSPS) is 18.1. The third-order valence-corrected chi connectivity index (χ3v) is 5.73. The van der Waals surface area contributed by atoms with Gasteiger partial charge in [-0.1, -0.05) is 32.1 Å². The Morgan fingerprint density at radius 3 is 2.65 bits per heavy atom. The average molecular weight is 376 g/mol. The lowest BCUT2D eigenvalue weighted by Crippen LogP contribution is -2.38. The Morgan fingerprint density at radius 2 is 1.88 bits per heavy atom. The van der Waals surface area contributed by atoms with Crippen molar-refractivity contribution < 1.29 is 19.1 Å². The van der Waals surface area contributed by atoms with Gasteiger partial charge in [0.15, 0.2) is 6.61 Å². The molecule has 1 aliphatic heterocycles. The largest absolute Gasteiger partial charge is 0.452 e. The van der Waals surface area contributed by atoms with Crippen molar-refractivity contribution in [2.45, 2.75) is 55.9 Å². The van der Waals surface area contributed by atoms with Gasteiger partial charge in [0, 0.05) is 10.9 Å². The van der Waals surface area contributed by atoms with E-state index in [0.29, 0.717) is 17.0 Å². The Morgan fingerprint density at radius 1 is 1.15 bits per heavy atom. The van der Waals surface area contributed by atoms with Crippen LogP contribution in [0.3, 0.4) is 0 Å². The highest BCUT2D eigenvalue weighted by atomic mass is 32.2. The summed E-state index contributed by atoms with van der Waals surface area (Å²) in [5.74, 6) is -0.541. The first-order chi connectivity index (χ1) is 12.6. The van der Waals surface area contributed by atoms with Crippen LogP contribution in [0.5, 0.6) is 0 Å². The summed E-state index contributed by atoms with van der Waals surface area (Å²) in [5, 5.41) is 5.71. The number of anilines is 1. The number of ether oxygens (including phenoxy) is 1. The van der Waals surface area contributed by atoms with Crippen LogP contribution in [-0.2, 0) is 14.3 Å². The summed E-state index contributed by atoms with van der Waals surface area (Å²) in [6, 6.07) is 5.20. The molecule has 1 heterocycles. The Kier molecular flexibility index (Phi) is 6.55. The predicted octanol–water partition coefficient (Wildman–Crippen LogP) is 3.12. The molecule has 0 spiro atoms. The number of esters is 1. The van der Waals surface area contributed by atoms with E-state index in [2.05, 4.69) is 10.6 Å². The molecule has 1 aliphatic carbocycles. The van der Waals surface area contributed by atoms with E-state index in [9.17, 15) is 14.4 Å². The molecule has 0 aromatic heterocycles. The number of fused-ring (bicyclic) bond motifs is 1. The van der Waals surface area contributed by atoms with Crippen LogP contribution in [0.15, 0.2) is 23.1 Å². The Bertz CT molecular complexity index is 684. The van der Waals surface area contributed by atoms with E-state index < -0.39 is 5.97 Å². The van der Waals surface area contributed by atoms with Gasteiger partial charge >= 0.3 is 5.97 Å². The minimum Gasteiger partial charge on any atom is -0.452 e. The Labute approximate surface area is 157 Å². The molecule has 2 N–H and O–H groups in total. The third kappa shape index (κ3) is 5.24. The van der Waals surface area contributed by atoms with Gasteiger partial charge in [0.05, 0.1) is 17.0 Å². The van der Waals surface area contributed by atoms with Crippen molar-refractivity contribution in [2.24, 2.45) is 0 Å². The highest BCUT2D eigenvalue weighted by Crippen LogP contribution is 2.32. The smallest absolute Gasteiger partial charge is 0.338 e. The molecule has 2 aliphatic rings. The zero-order valence-electron chi connectivity index (χ0n) is 14.7. The van der Waals surface area contributed by atoms with Gasteiger partial charge in [-0.25, -0.2) is 4.79 Å². The maximum absolute atomic E-state index is 12.2. The first kappa shape index (κ1) is 18.8. The summed E-state index contributed by atoms with van der Waals surface area (Å²) in [4.78, 5) is 36.6. The second kappa shape index (κ2) is 9.07. The molecule has 3 rings (SSSR count). The number of thioether (sulfide) groups is 1. The van der Waals surface area contributed by atoms with Crippen LogP contribution in [0.4, 0.5) is 5.69 Å². The molecule has 0 atom stereocenters. The van der Waals surface area contributed by atoms with Crippen molar-refractivity contribution in [1.82, 2.24) is 5.32 Å². The molecule has 1 aromatic carbocycles. The zero-order valence-corrected chi connectivity index (χ0v) is 15.5. The minimum atomic E-state index is -0.564. The first-order valence-corrected chi connectivity index (χ1v) is 10.1. The van der Waals surface area contributed by atoms with Crippen LogP contribution in [0.1, 0.15) is 55.3 Å². The number of benzene rings is 1. The molecule has 0 bridgehead atoms. The van der Waals surface area contributed by atoms with Crippen molar-refractivity contribution in [3.63, 3.8) is 0 Å². The molecule has 6 nitrogen and oxygen atoms in total. The summed E-state index contributed by atoms with van der Waals surface area (Å²) < 4.78 is 5.13. The van der Waals surface area contributed by atoms with E-state index in [1.54, 1.807) is 18.2 Å². The number of rotatable bonds is 4. The molecule has 140 valence electrons. The van der Waals surface area contributed by atoms with Crippen LogP contribution in [0.25, 0.3) is 0 Å². The van der Waals surface area contributed by atoms with Crippen LogP contribution in [-0.4, -0.2) is 36.2 Å². The number of carbonyl (C=O) groups is 3. The number of hydrogen-bond acceptors (Lipinski definition) is 5. The van der Waals surface area contributed by atoms with E-state index in [-0.39, 0.29) is 24.5 Å². The molecule has 1 fully saturated rings. The van der Waals surface area contributed by atoms with Crippen molar-refractivity contribution in [3.8, 4) is 0 Å². The number of hydrogen-bond donors (Lipinski definition) is 2. The maximum atomic E-state index is 12.2. The topological polar surface area (TPSA) is 84.5 Å². The highest BCUT2D eigenvalue weighted by molar-refractivity contribution is 8.00. The second-order valence-electron chi connectivity index (χ2n) is 6.73. The summed E-state index contributed by atoms with van der Waals surface area (Å²) in [6.07, 6.45) is 7.94. The lowest BCUT2D eigenvalue weighted by molar-refractivity contribution is -0.125. The number of nitrogens with one attached hydrogen (secondary N) is 2. The number of carbonyl (C=O) groups excluding carboxylic acids is 3. The van der Waals surface area contributed by atoms with Gasteiger partial charge in [-0.05, 0) is 31.0 Å². The fraction of sp³-hybridized carbons (Fsp3) is 0.526. The predicted molar refractivity (Wildman–Crippen MR) is 100 cm³/mol. The molecule has 26 heavy (non-hydrogen) atoms. The van der Waals surface area contributed by atoms with Gasteiger partial charge in [-0.3, -0.25) is 9.59 Å². The molecular weight excluding hydrogens is 352 g/mol. The monoisotopic (exact) mass is 376 g/mol. The quantitative estimate of drug-likeness (QED) is 0.789. The average Bonchev–Trinajstić information content (AvgIpc) is 2.61. The highest BCUT2D eigenvalue weighted by Gasteiger charge is 2.19. The molecule has 1 aromatic rings. The van der Waals surface area contributed by atoms with Crippen LogP contribution in [0, 0.1) is 0 Å². The Balaban J connectivity index is 1.49. The van der Waals surface area contributed by atoms with E-state index in [1.807, 2.05) is 0 Å². The van der Waals surface area contributed by atoms with Crippen molar-refractivity contribution in [3.05, 3.63) is 23.8 Å². The lowest BCUT2D eigenvalue weighted by atomic mass is 9.97. The van der Waals surface area contributed by atoms with Crippen LogP contribution < -0.4 is 10.6 Å². The van der Waals surface area contributed by atoms with Gasteiger partial charge < -0.3 is 15.4 Å². The summed E-state index contributed by atoms with van der Waals surface area (Å²) in [7, 11) is 0. The summed E-state index contributed by atoms with van der Waals surface area (Å²) in [5.41, 5.74) is 0.935. The number of amides is 2. The fourth-order valence-electron chi connectivity index (χ4n) is 3.29. The van der Waals surface area contributed by atoms with Crippen molar-refractivity contribution in [2.75, 3.05) is 17.7 Å². The standard InChI is InChI=1S/C19H24N2O4S/c22-17(20-14-6-4-2-1-3-5-7-14)11-25-19(24)13-8-9-16-15(10-13)21-18(23)12-26-16/h8-10,14H,1-7,11-12H2,(H,20,22)(H,21,23). The van der Waals surface area contributed by atoms with Gasteiger partial charge in [0.1, 0.15) is 0 Å². The SMILES string of the molecule is O=C1CSc2ccc(C(=O)OCC(=O)NC3CCCCCCC3)cc2N1. The van der Waals surface area contributed by atoms with Gasteiger partial charge in [-0.15, -0.1) is 11.8 Å². The lowest BCUT2D eigenvalue weighted by Gasteiger charge is -2.21. The third-order valence-electron chi connectivity index (χ3n) is 4.65. The molecule has 1 saturated carbocycles. The van der Waals surface area contributed by atoms with E-state index in [0.717, 1.165) is 30.6 Å². The van der Waals surface area contributed by atoms with E-state index >= 15 is 0 Å². The van der Waals surface area contributed by atoms with Crippen LogP contribution >= 0.6 is 11.8 Å². The Hall–Kier alpha value is -2.02. The molecule has 0 saturated heterocycles. The van der Waals surface area contributed by atoms with Gasteiger partial charge in [-0.2, -0.15) is 0 Å². The molecule has 7 heteroatoms. The maximum Gasteiger partial charge on any atom is 0.338 e. The molecule has 2 amide bonds. The molecule has 0 radical (unpaired) electrons.